The van der Waals surface area contributed by atoms with Gasteiger partial charge in [0.15, 0.2) is 0 Å². The summed E-state index contributed by atoms with van der Waals surface area (Å²) in [6, 6.07) is 62.3. The Labute approximate surface area is 288 Å². The van der Waals surface area contributed by atoms with Gasteiger partial charge < -0.3 is 0 Å². The molecule has 0 radical (unpaired) electrons. The predicted molar refractivity (Wildman–Crippen MR) is 223 cm³/mol. The molecule has 0 aromatic heterocycles. The van der Waals surface area contributed by atoms with E-state index < -0.39 is 6.89 Å². The zero-order chi connectivity index (χ0) is 32.7. The summed E-state index contributed by atoms with van der Waals surface area (Å²) < 4.78 is 0. The molecule has 12 aromatic rings. The number of rotatable bonds is 3. The molecule has 0 aliphatic rings. The van der Waals surface area contributed by atoms with E-state index in [1.807, 2.05) is 0 Å². The van der Waals surface area contributed by atoms with Crippen LogP contribution >= 0.6 is 6.89 Å². The molecule has 0 unspecified atom stereocenters. The molecule has 0 bridgehead atoms. The van der Waals surface area contributed by atoms with Gasteiger partial charge in [-0.05, 0) is 156 Å². The first kappa shape index (κ1) is 26.9. The lowest BCUT2D eigenvalue weighted by atomic mass is 9.94. The Balaban J connectivity index is 1.21. The van der Waals surface area contributed by atoms with Crippen LogP contribution in [0.15, 0.2) is 164 Å². The fraction of sp³-hybridized carbons (Fsp3) is 0. The topological polar surface area (TPSA) is 0 Å². The Morgan fingerprint density at radius 1 is 0.240 bits per heavy atom. The van der Waals surface area contributed by atoms with Gasteiger partial charge >= 0.3 is 0 Å². The van der Waals surface area contributed by atoms with Crippen LogP contribution < -0.4 is 15.9 Å². The highest BCUT2D eigenvalue weighted by atomic mass is 31.2. The van der Waals surface area contributed by atoms with Gasteiger partial charge in [0.05, 0.1) is 0 Å². The summed E-state index contributed by atoms with van der Waals surface area (Å²) in [5, 5.41) is 27.5. The minimum absolute atomic E-state index is 1.28. The molecule has 50 heavy (non-hydrogen) atoms. The monoisotopic (exact) mass is 648 g/mol. The second-order valence-electron chi connectivity index (χ2n) is 14.2. The Hall–Kier alpha value is -5.94. The number of hydrogen-bond acceptors (Lipinski definition) is 0. The van der Waals surface area contributed by atoms with Gasteiger partial charge in [0.2, 0.25) is 0 Å². The molecule has 0 N–H and O–H groups in total. The largest absolute Gasteiger partial charge is 0.0887 e. The summed E-state index contributed by atoms with van der Waals surface area (Å²) in [5.41, 5.74) is 0. The summed E-state index contributed by atoms with van der Waals surface area (Å²) in [5.74, 6) is 0. The maximum Gasteiger partial charge on any atom is -0.00263 e. The Bertz CT molecular complexity index is 2850. The molecule has 0 nitrogen and oxygen atoms in total. The van der Waals surface area contributed by atoms with Gasteiger partial charge in [0.1, 0.15) is 0 Å². The van der Waals surface area contributed by atoms with E-state index in [0.717, 1.165) is 0 Å². The lowest BCUT2D eigenvalue weighted by Crippen LogP contribution is -2.26. The van der Waals surface area contributed by atoms with Crippen molar-refractivity contribution < 1.29 is 0 Å². The van der Waals surface area contributed by atoms with Gasteiger partial charge in [-0.15, -0.1) is 0 Å². The quantitative estimate of drug-likeness (QED) is 0.132. The van der Waals surface area contributed by atoms with Crippen LogP contribution in [0.1, 0.15) is 0 Å². The van der Waals surface area contributed by atoms with E-state index in [4.69, 9.17) is 6.30 Å². The van der Waals surface area contributed by atoms with Crippen molar-refractivity contribution in [1.82, 2.24) is 0 Å². The molecule has 0 amide bonds. The van der Waals surface area contributed by atoms with E-state index in [0.29, 0.717) is 0 Å². The highest BCUT2D eigenvalue weighted by molar-refractivity contribution is 7.93. The standard InChI is InChI=1S/C49H29P/c1-50(41-23-35-17-11-29-5-2-6-30-12-18-36(24-41)47(35)44(29)30,42-25-37-19-13-31-7-3-8-32-14-20-38(26-42)48(37)45(31)32)43-27-39-21-15-33-9-4-10-34-16-22-40(28-43)49(39)46(33)34/h2-28H,1H2. The first-order valence-corrected chi connectivity index (χ1v) is 19.4. The zero-order valence-corrected chi connectivity index (χ0v) is 28.1. The van der Waals surface area contributed by atoms with Crippen LogP contribution in [0.5, 0.6) is 0 Å². The Morgan fingerprint density at radius 3 is 0.640 bits per heavy atom. The van der Waals surface area contributed by atoms with Crippen molar-refractivity contribution in [2.45, 2.75) is 0 Å². The van der Waals surface area contributed by atoms with Gasteiger partial charge in [-0.25, -0.2) is 0 Å². The maximum absolute atomic E-state index is 5.40. The smallest absolute Gasteiger partial charge is 0.00263 e. The van der Waals surface area contributed by atoms with E-state index in [2.05, 4.69) is 164 Å². The Morgan fingerprint density at radius 2 is 0.420 bits per heavy atom. The van der Waals surface area contributed by atoms with Gasteiger partial charge in [0, 0.05) is 0 Å². The van der Waals surface area contributed by atoms with Crippen molar-refractivity contribution in [3.8, 4) is 0 Å². The minimum atomic E-state index is -2.43. The zero-order valence-electron chi connectivity index (χ0n) is 27.2. The summed E-state index contributed by atoms with van der Waals surface area (Å²) in [6.45, 7) is -2.43. The van der Waals surface area contributed by atoms with Crippen LogP contribution in [0.2, 0.25) is 0 Å². The first-order valence-electron chi connectivity index (χ1n) is 17.4. The minimum Gasteiger partial charge on any atom is -0.0887 e. The fourth-order valence-corrected chi connectivity index (χ4v) is 12.4. The molecule has 0 aliphatic carbocycles. The van der Waals surface area contributed by atoms with E-state index in [-0.39, 0.29) is 0 Å². The summed E-state index contributed by atoms with van der Waals surface area (Å²) in [6.07, 6.45) is 5.40. The van der Waals surface area contributed by atoms with Gasteiger partial charge in [-0.3, -0.25) is 0 Å². The average molecular weight is 649 g/mol. The highest BCUT2D eigenvalue weighted by Crippen LogP contribution is 2.48. The molecule has 0 fully saturated rings. The third-order valence-corrected chi connectivity index (χ3v) is 15.1. The van der Waals surface area contributed by atoms with Crippen LogP contribution in [0, 0.1) is 0 Å². The molecule has 12 rings (SSSR count). The van der Waals surface area contributed by atoms with Crippen molar-refractivity contribution >= 4 is 126 Å². The third kappa shape index (κ3) is 3.42. The second-order valence-corrected chi connectivity index (χ2v) is 17.4. The molecular formula is C49H29P. The van der Waals surface area contributed by atoms with Gasteiger partial charge in [-0.1, -0.05) is 134 Å². The summed E-state index contributed by atoms with van der Waals surface area (Å²) >= 11 is 0. The molecule has 1 heteroatoms. The van der Waals surface area contributed by atoms with Crippen molar-refractivity contribution in [3.63, 3.8) is 0 Å². The fourth-order valence-electron chi connectivity index (χ4n) is 9.32. The number of hydrogen-bond donors (Lipinski definition) is 0. The van der Waals surface area contributed by atoms with E-state index in [9.17, 15) is 0 Å². The van der Waals surface area contributed by atoms with Crippen LogP contribution in [0.4, 0.5) is 0 Å². The van der Waals surface area contributed by atoms with Gasteiger partial charge in [-0.2, -0.15) is 0 Å². The van der Waals surface area contributed by atoms with E-state index >= 15 is 0 Å². The molecule has 0 atom stereocenters. The molecule has 0 spiro atoms. The SMILES string of the molecule is C=P(c1cc2ccc3cccc4ccc(c1)c2c34)(c1cc2ccc3cccc4ccc(c1)c2c34)c1cc2ccc3cccc4ccc(c1)c2c34. The predicted octanol–water partition coefficient (Wildman–Crippen LogP) is 12.1. The van der Waals surface area contributed by atoms with Crippen LogP contribution in [0.3, 0.4) is 0 Å². The molecular weight excluding hydrogens is 620 g/mol. The van der Waals surface area contributed by atoms with Crippen molar-refractivity contribution in [2.75, 3.05) is 0 Å². The van der Waals surface area contributed by atoms with Crippen LogP contribution in [-0.4, -0.2) is 6.30 Å². The summed E-state index contributed by atoms with van der Waals surface area (Å²) in [7, 11) is 0. The maximum atomic E-state index is 5.40. The molecule has 0 aliphatic heterocycles. The molecule has 230 valence electrons. The average Bonchev–Trinajstić information content (AvgIpc) is 3.17. The number of benzene rings is 12. The van der Waals surface area contributed by atoms with Crippen molar-refractivity contribution in [2.24, 2.45) is 0 Å². The van der Waals surface area contributed by atoms with Crippen molar-refractivity contribution in [1.29, 1.82) is 0 Å². The lowest BCUT2D eigenvalue weighted by Gasteiger charge is -2.29. The van der Waals surface area contributed by atoms with E-state index in [1.165, 1.54) is 113 Å². The lowest BCUT2D eigenvalue weighted by molar-refractivity contribution is 1.79. The second kappa shape index (κ2) is 9.39. The molecule has 0 heterocycles. The first-order chi connectivity index (χ1) is 24.6. The van der Waals surface area contributed by atoms with Crippen LogP contribution in [-0.2, 0) is 0 Å². The Kier molecular flexibility index (Phi) is 5.06. The van der Waals surface area contributed by atoms with E-state index in [1.54, 1.807) is 0 Å². The molecule has 0 saturated heterocycles. The highest BCUT2D eigenvalue weighted by Gasteiger charge is 2.27. The third-order valence-electron chi connectivity index (χ3n) is 11.7. The van der Waals surface area contributed by atoms with Crippen molar-refractivity contribution in [3.05, 3.63) is 164 Å². The molecule has 0 saturated carbocycles. The molecule has 12 aromatic carbocycles. The normalized spacial score (nSPS) is 12.9. The van der Waals surface area contributed by atoms with Crippen LogP contribution in [0.25, 0.3) is 97.0 Å². The summed E-state index contributed by atoms with van der Waals surface area (Å²) in [4.78, 5) is 0. The van der Waals surface area contributed by atoms with Gasteiger partial charge in [0.25, 0.3) is 0 Å².